The first-order chi connectivity index (χ1) is 12.6. The molecule has 1 saturated carbocycles. The van der Waals surface area contributed by atoms with Gasteiger partial charge in [0.2, 0.25) is 0 Å². The molecule has 4 rings (SSSR count). The second kappa shape index (κ2) is 7.23. The minimum absolute atomic E-state index is 0.0464. The molecule has 0 spiro atoms. The lowest BCUT2D eigenvalue weighted by atomic mass is 10.0. The molecule has 1 saturated heterocycles. The molecule has 1 amide bonds. The molecule has 26 heavy (non-hydrogen) atoms. The number of benzene rings is 1. The smallest absolute Gasteiger partial charge is 0.251 e. The fraction of sp³-hybridized carbons (Fsp3) is 0.524. The molecule has 1 aliphatic carbocycles. The zero-order valence-corrected chi connectivity index (χ0v) is 15.7. The second-order valence-electron chi connectivity index (χ2n) is 7.80. The molecule has 0 atom stereocenters. The first kappa shape index (κ1) is 17.3. The van der Waals surface area contributed by atoms with Gasteiger partial charge in [-0.05, 0) is 63.3 Å². The van der Waals surface area contributed by atoms with Crippen molar-refractivity contribution < 1.29 is 4.79 Å². The predicted octanol–water partition coefficient (Wildman–Crippen LogP) is 2.90. The highest BCUT2D eigenvalue weighted by atomic mass is 16.1. The van der Waals surface area contributed by atoms with Gasteiger partial charge in [-0.1, -0.05) is 12.1 Å². The van der Waals surface area contributed by atoms with Crippen molar-refractivity contribution in [3.63, 3.8) is 0 Å². The Labute approximate surface area is 155 Å². The van der Waals surface area contributed by atoms with Gasteiger partial charge in [-0.25, -0.2) is 0 Å². The number of hydrogen-bond acceptors (Lipinski definition) is 3. The van der Waals surface area contributed by atoms with E-state index in [1.165, 1.54) is 12.8 Å². The van der Waals surface area contributed by atoms with Crippen molar-refractivity contribution in [2.75, 3.05) is 13.1 Å². The maximum Gasteiger partial charge on any atom is 0.251 e. The van der Waals surface area contributed by atoms with Crippen LogP contribution in [0.15, 0.2) is 30.3 Å². The van der Waals surface area contributed by atoms with Crippen molar-refractivity contribution in [3.8, 4) is 0 Å². The van der Waals surface area contributed by atoms with Gasteiger partial charge in [0, 0.05) is 36.4 Å². The third kappa shape index (κ3) is 3.98. The fourth-order valence-corrected chi connectivity index (χ4v) is 3.94. The van der Waals surface area contributed by atoms with Crippen LogP contribution in [0.5, 0.6) is 0 Å². The van der Waals surface area contributed by atoms with Crippen LogP contribution < -0.4 is 5.32 Å². The van der Waals surface area contributed by atoms with E-state index in [2.05, 4.69) is 34.4 Å². The van der Waals surface area contributed by atoms with Crippen molar-refractivity contribution >= 4 is 5.91 Å². The molecule has 138 valence electrons. The van der Waals surface area contributed by atoms with Gasteiger partial charge < -0.3 is 10.2 Å². The molecule has 5 nitrogen and oxygen atoms in total. The molecule has 5 heteroatoms. The van der Waals surface area contributed by atoms with Crippen LogP contribution >= 0.6 is 0 Å². The topological polar surface area (TPSA) is 50.2 Å². The number of amides is 1. The Bertz CT molecular complexity index is 785. The summed E-state index contributed by atoms with van der Waals surface area (Å²) in [5.41, 5.74) is 4.01. The van der Waals surface area contributed by atoms with Crippen LogP contribution in [0.3, 0.4) is 0 Å². The molecule has 0 bridgehead atoms. The highest BCUT2D eigenvalue weighted by Gasteiger charge is 2.32. The standard InChI is InChI=1S/C21H28N4O/c1-15-12-16(2)25(23-15)14-17-4-3-5-18(13-17)21(26)22-19-8-10-24(11-9-19)20-6-7-20/h3-5,12-13,19-20H,6-11,14H2,1-2H3,(H,22,26). The van der Waals surface area contributed by atoms with Gasteiger partial charge in [0.15, 0.2) is 0 Å². The number of rotatable bonds is 5. The Morgan fingerprint density at radius 2 is 1.92 bits per heavy atom. The van der Waals surface area contributed by atoms with E-state index >= 15 is 0 Å². The molecule has 0 radical (unpaired) electrons. The number of nitrogens with one attached hydrogen (secondary N) is 1. The molecule has 2 fully saturated rings. The quantitative estimate of drug-likeness (QED) is 0.900. The third-order valence-corrected chi connectivity index (χ3v) is 5.55. The van der Waals surface area contributed by atoms with Gasteiger partial charge in [-0.2, -0.15) is 5.10 Å². The summed E-state index contributed by atoms with van der Waals surface area (Å²) in [5.74, 6) is 0.0464. The van der Waals surface area contributed by atoms with Crippen molar-refractivity contribution in [2.45, 2.75) is 58.2 Å². The number of hydrogen-bond donors (Lipinski definition) is 1. The summed E-state index contributed by atoms with van der Waals surface area (Å²) in [6.07, 6.45) is 4.85. The summed E-state index contributed by atoms with van der Waals surface area (Å²) in [6.45, 7) is 6.99. The third-order valence-electron chi connectivity index (χ3n) is 5.55. The summed E-state index contributed by atoms with van der Waals surface area (Å²) in [7, 11) is 0. The minimum Gasteiger partial charge on any atom is -0.349 e. The van der Waals surface area contributed by atoms with Crippen LogP contribution in [0.1, 0.15) is 53.0 Å². The highest BCUT2D eigenvalue weighted by Crippen LogP contribution is 2.29. The lowest BCUT2D eigenvalue weighted by Gasteiger charge is -2.32. The maximum absolute atomic E-state index is 12.7. The largest absolute Gasteiger partial charge is 0.349 e. The predicted molar refractivity (Wildman–Crippen MR) is 102 cm³/mol. The number of carbonyl (C=O) groups excluding carboxylic acids is 1. The van der Waals surface area contributed by atoms with Crippen molar-refractivity contribution in [3.05, 3.63) is 52.8 Å². The van der Waals surface area contributed by atoms with E-state index < -0.39 is 0 Å². The van der Waals surface area contributed by atoms with E-state index in [1.807, 2.05) is 29.8 Å². The van der Waals surface area contributed by atoms with E-state index in [0.29, 0.717) is 12.6 Å². The number of likely N-dealkylation sites (tertiary alicyclic amines) is 1. The van der Waals surface area contributed by atoms with Crippen molar-refractivity contribution in [2.24, 2.45) is 0 Å². The molecule has 1 aromatic carbocycles. The summed E-state index contributed by atoms with van der Waals surface area (Å²) in [6, 6.07) is 11.1. The second-order valence-corrected chi connectivity index (χ2v) is 7.80. The molecule has 0 unspecified atom stereocenters. The fourth-order valence-electron chi connectivity index (χ4n) is 3.94. The van der Waals surface area contributed by atoms with E-state index in [1.54, 1.807) is 0 Å². The SMILES string of the molecule is Cc1cc(C)n(Cc2cccc(C(=O)NC3CCN(C4CC4)CC3)c2)n1. The molecule has 2 heterocycles. The molecular weight excluding hydrogens is 324 g/mol. The van der Waals surface area contributed by atoms with E-state index in [0.717, 1.165) is 54.5 Å². The first-order valence-corrected chi connectivity index (χ1v) is 9.73. The molecular formula is C21H28N4O. The Morgan fingerprint density at radius 3 is 2.58 bits per heavy atom. The number of nitrogens with zero attached hydrogens (tertiary/aromatic N) is 3. The van der Waals surface area contributed by atoms with Gasteiger partial charge in [-0.15, -0.1) is 0 Å². The summed E-state index contributed by atoms with van der Waals surface area (Å²) in [5, 5.41) is 7.75. The average molecular weight is 352 g/mol. The average Bonchev–Trinajstić information content (AvgIpc) is 3.42. The summed E-state index contributed by atoms with van der Waals surface area (Å²) in [4.78, 5) is 15.3. The number of piperidine rings is 1. The normalized spacial score (nSPS) is 18.8. The molecule has 1 aliphatic heterocycles. The number of carbonyl (C=O) groups is 1. The van der Waals surface area contributed by atoms with Gasteiger partial charge in [-0.3, -0.25) is 9.48 Å². The van der Waals surface area contributed by atoms with Gasteiger partial charge in [0.1, 0.15) is 0 Å². The minimum atomic E-state index is 0.0464. The van der Waals surface area contributed by atoms with Crippen LogP contribution in [-0.2, 0) is 6.54 Å². The number of aryl methyl sites for hydroxylation is 2. The Morgan fingerprint density at radius 1 is 1.15 bits per heavy atom. The summed E-state index contributed by atoms with van der Waals surface area (Å²) >= 11 is 0. The Kier molecular flexibility index (Phi) is 4.81. The van der Waals surface area contributed by atoms with Crippen LogP contribution in [0.2, 0.25) is 0 Å². The lowest BCUT2D eigenvalue weighted by molar-refractivity contribution is 0.0909. The molecule has 1 N–H and O–H groups in total. The van der Waals surface area contributed by atoms with Crippen molar-refractivity contribution in [1.82, 2.24) is 20.0 Å². The molecule has 2 aromatic rings. The lowest BCUT2D eigenvalue weighted by Crippen LogP contribution is -2.45. The van der Waals surface area contributed by atoms with Crippen LogP contribution in [0, 0.1) is 13.8 Å². The monoisotopic (exact) mass is 352 g/mol. The van der Waals surface area contributed by atoms with E-state index in [4.69, 9.17) is 0 Å². The zero-order valence-electron chi connectivity index (χ0n) is 15.7. The van der Waals surface area contributed by atoms with Crippen molar-refractivity contribution in [1.29, 1.82) is 0 Å². The first-order valence-electron chi connectivity index (χ1n) is 9.73. The number of aromatic nitrogens is 2. The molecule has 2 aliphatic rings. The van der Waals surface area contributed by atoms with Gasteiger partial charge in [0.05, 0.1) is 12.2 Å². The maximum atomic E-state index is 12.7. The van der Waals surface area contributed by atoms with Crippen LogP contribution in [-0.4, -0.2) is 45.8 Å². The van der Waals surface area contributed by atoms with E-state index in [9.17, 15) is 4.79 Å². The van der Waals surface area contributed by atoms with Gasteiger partial charge in [0.25, 0.3) is 5.91 Å². The Hall–Kier alpha value is -2.14. The summed E-state index contributed by atoms with van der Waals surface area (Å²) < 4.78 is 1.99. The molecule has 1 aromatic heterocycles. The zero-order chi connectivity index (χ0) is 18.1. The van der Waals surface area contributed by atoms with E-state index in [-0.39, 0.29) is 5.91 Å². The van der Waals surface area contributed by atoms with Gasteiger partial charge >= 0.3 is 0 Å². The Balaban J connectivity index is 1.36. The van der Waals surface area contributed by atoms with Crippen LogP contribution in [0.4, 0.5) is 0 Å². The van der Waals surface area contributed by atoms with Crippen LogP contribution in [0.25, 0.3) is 0 Å². The highest BCUT2D eigenvalue weighted by molar-refractivity contribution is 5.94.